The van der Waals surface area contributed by atoms with Crippen LogP contribution in [-0.4, -0.2) is 49.3 Å². The molecule has 4 heterocycles. The van der Waals surface area contributed by atoms with Crippen molar-refractivity contribution in [2.45, 2.75) is 64.7 Å². The topological polar surface area (TPSA) is 114 Å². The molecular formula is C26H30N6O3S2. The number of rotatable bonds is 7. The molecule has 1 aliphatic carbocycles. The van der Waals surface area contributed by atoms with Gasteiger partial charge < -0.3 is 25.2 Å². The third-order valence-corrected chi connectivity index (χ3v) is 8.75. The predicted octanol–water partition coefficient (Wildman–Crippen LogP) is 5.10. The first-order valence-electron chi connectivity index (χ1n) is 12.4. The molecule has 9 nitrogen and oxygen atoms in total. The van der Waals surface area contributed by atoms with Gasteiger partial charge in [-0.15, -0.1) is 22.7 Å². The smallest absolute Gasteiger partial charge is 0.225 e. The molecule has 0 amide bonds. The fourth-order valence-corrected chi connectivity index (χ4v) is 7.00. The number of anilines is 2. The third-order valence-electron chi connectivity index (χ3n) is 6.87. The van der Waals surface area contributed by atoms with Crippen LogP contribution in [0.15, 0.2) is 29.6 Å². The summed E-state index contributed by atoms with van der Waals surface area (Å²) in [4.78, 5) is 19.2. The summed E-state index contributed by atoms with van der Waals surface area (Å²) in [5.74, 6) is 0.327. The van der Waals surface area contributed by atoms with E-state index in [0.29, 0.717) is 24.7 Å². The molecule has 1 aromatic carbocycles. The van der Waals surface area contributed by atoms with E-state index in [0.717, 1.165) is 43.6 Å². The summed E-state index contributed by atoms with van der Waals surface area (Å²) in [6.45, 7) is 8.35. The highest BCUT2D eigenvalue weighted by Crippen LogP contribution is 2.50. The Kier molecular flexibility index (Phi) is 6.15. The zero-order valence-electron chi connectivity index (χ0n) is 21.2. The number of nitrogens with one attached hydrogen (secondary N) is 2. The first kappa shape index (κ1) is 24.6. The number of para-hydroxylation sites is 1. The maximum absolute atomic E-state index is 10.0. The van der Waals surface area contributed by atoms with Gasteiger partial charge in [0.15, 0.2) is 11.5 Å². The Morgan fingerprint density at radius 3 is 2.73 bits per heavy atom. The molecule has 1 saturated carbocycles. The monoisotopic (exact) mass is 538 g/mol. The molecule has 3 atom stereocenters. The first-order valence-corrected chi connectivity index (χ1v) is 14.1. The first-order chi connectivity index (χ1) is 17.7. The van der Waals surface area contributed by atoms with Gasteiger partial charge >= 0.3 is 0 Å². The summed E-state index contributed by atoms with van der Waals surface area (Å²) >= 11 is 3.23. The van der Waals surface area contributed by atoms with Gasteiger partial charge in [0.25, 0.3) is 0 Å². The molecule has 3 N–H and O–H groups in total. The fraction of sp³-hybridized carbons (Fsp3) is 0.462. The summed E-state index contributed by atoms with van der Waals surface area (Å²) in [5.41, 5.74) is 2.71. The zero-order valence-corrected chi connectivity index (χ0v) is 22.9. The molecule has 3 aromatic heterocycles. The summed E-state index contributed by atoms with van der Waals surface area (Å²) in [7, 11) is 0. The SMILES string of the molecule is Cc1nc(CNc2nc(C)c(-c3nc4ccccc4s3)c(N[C@@]34CC[C@H](CO)[C@H]3OC(C)(C)O4)n2)cs1. The van der Waals surface area contributed by atoms with Gasteiger partial charge in [0.05, 0.1) is 38.7 Å². The van der Waals surface area contributed by atoms with E-state index in [1.807, 2.05) is 51.3 Å². The van der Waals surface area contributed by atoms with Crippen LogP contribution in [0.4, 0.5) is 11.8 Å². The van der Waals surface area contributed by atoms with E-state index in [-0.39, 0.29) is 18.6 Å². The van der Waals surface area contributed by atoms with Gasteiger partial charge in [0.2, 0.25) is 5.95 Å². The Hall–Kier alpha value is -2.70. The number of benzene rings is 1. The third kappa shape index (κ3) is 4.59. The molecule has 11 heteroatoms. The Morgan fingerprint density at radius 2 is 1.97 bits per heavy atom. The standard InChI is InChI=1S/C26H30N6O3S2/c1-14-20(23-30-18-7-5-6-8-19(18)37-23)22(31-24(28-14)27-11-17-13-36-15(2)29-17)32-26-10-9-16(12-33)21(26)34-25(3,4)35-26/h5-8,13,16,21,33H,9-12H2,1-4H3,(H2,27,28,31,32)/t16-,21-,26-/m1/s1. The van der Waals surface area contributed by atoms with Crippen molar-refractivity contribution < 1.29 is 14.6 Å². The highest BCUT2D eigenvalue weighted by atomic mass is 32.1. The molecule has 1 saturated heterocycles. The van der Waals surface area contributed by atoms with Crippen molar-refractivity contribution in [3.63, 3.8) is 0 Å². The number of aliphatic hydroxyl groups excluding tert-OH is 1. The average Bonchev–Trinajstić information content (AvgIpc) is 3.58. The summed E-state index contributed by atoms with van der Waals surface area (Å²) < 4.78 is 13.9. The van der Waals surface area contributed by atoms with Crippen LogP contribution >= 0.6 is 22.7 Å². The van der Waals surface area contributed by atoms with Crippen LogP contribution in [-0.2, 0) is 16.0 Å². The lowest BCUT2D eigenvalue weighted by molar-refractivity contribution is -0.168. The molecule has 1 aliphatic heterocycles. The van der Waals surface area contributed by atoms with Crippen molar-refractivity contribution in [3.8, 4) is 10.6 Å². The molecular weight excluding hydrogens is 508 g/mol. The maximum Gasteiger partial charge on any atom is 0.225 e. The van der Waals surface area contributed by atoms with Crippen LogP contribution in [0.1, 0.15) is 43.1 Å². The number of nitrogens with zero attached hydrogens (tertiary/aromatic N) is 4. The molecule has 0 radical (unpaired) electrons. The Morgan fingerprint density at radius 1 is 1.14 bits per heavy atom. The quantitative estimate of drug-likeness (QED) is 0.296. The number of fused-ring (bicyclic) bond motifs is 2. The van der Waals surface area contributed by atoms with Crippen molar-refractivity contribution in [2.24, 2.45) is 5.92 Å². The Balaban J connectivity index is 1.42. The van der Waals surface area contributed by atoms with Gasteiger partial charge in [-0.1, -0.05) is 12.1 Å². The van der Waals surface area contributed by atoms with Gasteiger partial charge in [-0.2, -0.15) is 4.98 Å². The Bertz CT molecular complexity index is 1420. The lowest BCUT2D eigenvalue weighted by atomic mass is 10.0. The lowest BCUT2D eigenvalue weighted by Gasteiger charge is -2.31. The Labute approximate surface area is 223 Å². The molecule has 2 fully saturated rings. The number of ether oxygens (including phenoxy) is 2. The highest BCUT2D eigenvalue weighted by molar-refractivity contribution is 7.21. The van der Waals surface area contributed by atoms with Crippen LogP contribution < -0.4 is 10.6 Å². The van der Waals surface area contributed by atoms with Crippen LogP contribution in [0, 0.1) is 19.8 Å². The number of aliphatic hydroxyl groups is 1. The second-order valence-corrected chi connectivity index (χ2v) is 12.2. The molecule has 0 unspecified atom stereocenters. The van der Waals surface area contributed by atoms with E-state index in [2.05, 4.69) is 21.7 Å². The lowest BCUT2D eigenvalue weighted by Crippen LogP contribution is -2.46. The van der Waals surface area contributed by atoms with E-state index in [9.17, 15) is 5.11 Å². The summed E-state index contributed by atoms with van der Waals surface area (Å²) in [5, 5.41) is 20.9. The molecule has 6 rings (SSSR count). The van der Waals surface area contributed by atoms with Crippen molar-refractivity contribution >= 4 is 44.7 Å². The molecule has 0 bridgehead atoms. The molecule has 37 heavy (non-hydrogen) atoms. The molecule has 0 spiro atoms. The van der Waals surface area contributed by atoms with E-state index in [1.54, 1.807) is 22.7 Å². The van der Waals surface area contributed by atoms with Crippen LogP contribution in [0.2, 0.25) is 0 Å². The molecule has 4 aromatic rings. The van der Waals surface area contributed by atoms with E-state index >= 15 is 0 Å². The minimum absolute atomic E-state index is 0.0198. The van der Waals surface area contributed by atoms with Gasteiger partial charge in [0, 0.05) is 17.9 Å². The second kappa shape index (κ2) is 9.25. The van der Waals surface area contributed by atoms with Gasteiger partial charge in [-0.05, 0) is 52.7 Å². The number of thiazole rings is 2. The van der Waals surface area contributed by atoms with Gasteiger partial charge in [-0.25, -0.2) is 15.0 Å². The number of aryl methyl sites for hydroxylation is 2. The van der Waals surface area contributed by atoms with Crippen molar-refractivity contribution in [1.29, 1.82) is 0 Å². The van der Waals surface area contributed by atoms with E-state index in [4.69, 9.17) is 24.4 Å². The zero-order chi connectivity index (χ0) is 25.8. The predicted molar refractivity (Wildman–Crippen MR) is 146 cm³/mol. The average molecular weight is 539 g/mol. The van der Waals surface area contributed by atoms with Crippen LogP contribution in [0.25, 0.3) is 20.8 Å². The minimum Gasteiger partial charge on any atom is -0.396 e. The molecule has 2 aliphatic rings. The maximum atomic E-state index is 10.0. The molecule has 194 valence electrons. The van der Waals surface area contributed by atoms with Gasteiger partial charge in [-0.3, -0.25) is 0 Å². The largest absolute Gasteiger partial charge is 0.396 e. The van der Waals surface area contributed by atoms with E-state index in [1.165, 1.54) is 0 Å². The van der Waals surface area contributed by atoms with Crippen molar-refractivity contribution in [2.75, 3.05) is 17.2 Å². The normalized spacial score (nSPS) is 24.5. The number of aromatic nitrogens is 4. The van der Waals surface area contributed by atoms with Crippen LogP contribution in [0.3, 0.4) is 0 Å². The van der Waals surface area contributed by atoms with Crippen molar-refractivity contribution in [1.82, 2.24) is 19.9 Å². The van der Waals surface area contributed by atoms with Crippen molar-refractivity contribution in [3.05, 3.63) is 46.0 Å². The van der Waals surface area contributed by atoms with Gasteiger partial charge in [0.1, 0.15) is 16.9 Å². The minimum atomic E-state index is -0.813. The van der Waals surface area contributed by atoms with E-state index < -0.39 is 11.5 Å². The second-order valence-electron chi connectivity index (χ2n) is 10.1. The summed E-state index contributed by atoms with van der Waals surface area (Å²) in [6.07, 6.45) is 1.18. The van der Waals surface area contributed by atoms with Crippen LogP contribution in [0.5, 0.6) is 0 Å². The number of hydrogen-bond donors (Lipinski definition) is 3. The number of hydrogen-bond acceptors (Lipinski definition) is 11. The summed E-state index contributed by atoms with van der Waals surface area (Å²) in [6, 6.07) is 8.09. The fourth-order valence-electron chi connectivity index (χ4n) is 5.33. The highest BCUT2D eigenvalue weighted by Gasteiger charge is 2.60.